The number of carboxylic acid groups (broad SMARTS) is 1. The number of allylic oxidation sites excluding steroid dienone is 2. The van der Waals surface area contributed by atoms with Crippen LogP contribution in [0.1, 0.15) is 23.5 Å². The maximum atomic E-state index is 13.1. The summed E-state index contributed by atoms with van der Waals surface area (Å²) in [6.07, 6.45) is -1.39. The third kappa shape index (κ3) is 2.47. The Balaban J connectivity index is 2.28. The molecule has 24 heavy (non-hydrogen) atoms. The minimum absolute atomic E-state index is 0.0121. The van der Waals surface area contributed by atoms with E-state index in [1.54, 1.807) is 12.2 Å². The highest BCUT2D eigenvalue weighted by molar-refractivity contribution is 6.31. The van der Waals surface area contributed by atoms with E-state index in [1.807, 2.05) is 0 Å². The van der Waals surface area contributed by atoms with Crippen LogP contribution in [0.4, 0.5) is 18.9 Å². The SMILES string of the molecule is Cc1cc(Cl)cc2c1N(C(=O)C(F)(F)F)[C@H](C(=O)O)[C@@H]1CC=C[C@H]21. The summed E-state index contributed by atoms with van der Waals surface area (Å²) < 4.78 is 39.3. The molecule has 1 heterocycles. The number of hydrogen-bond acceptors (Lipinski definition) is 2. The molecule has 1 aliphatic heterocycles. The van der Waals surface area contributed by atoms with E-state index in [1.165, 1.54) is 19.1 Å². The minimum Gasteiger partial charge on any atom is -0.480 e. The molecule has 0 aromatic heterocycles. The summed E-state index contributed by atoms with van der Waals surface area (Å²) in [5.41, 5.74) is 0.774. The molecule has 0 unspecified atom stereocenters. The second kappa shape index (κ2) is 5.51. The van der Waals surface area contributed by atoms with Gasteiger partial charge in [0.25, 0.3) is 0 Å². The van der Waals surface area contributed by atoms with Gasteiger partial charge in [-0.2, -0.15) is 13.2 Å². The summed E-state index contributed by atoms with van der Waals surface area (Å²) in [6, 6.07) is 1.35. The number of benzene rings is 1. The van der Waals surface area contributed by atoms with Gasteiger partial charge < -0.3 is 5.11 Å². The Labute approximate surface area is 140 Å². The van der Waals surface area contributed by atoms with Crippen molar-refractivity contribution in [3.05, 3.63) is 40.4 Å². The van der Waals surface area contributed by atoms with Crippen molar-refractivity contribution in [2.45, 2.75) is 31.5 Å². The number of carboxylic acids is 1. The molecule has 1 amide bonds. The Morgan fingerprint density at radius 3 is 2.58 bits per heavy atom. The van der Waals surface area contributed by atoms with Crippen molar-refractivity contribution in [3.63, 3.8) is 0 Å². The predicted molar refractivity (Wildman–Crippen MR) is 81.1 cm³/mol. The van der Waals surface area contributed by atoms with E-state index in [9.17, 15) is 27.9 Å². The molecule has 0 saturated carbocycles. The van der Waals surface area contributed by atoms with Crippen molar-refractivity contribution in [3.8, 4) is 0 Å². The van der Waals surface area contributed by atoms with Crippen molar-refractivity contribution in [2.75, 3.05) is 4.90 Å². The van der Waals surface area contributed by atoms with Gasteiger partial charge in [-0.05, 0) is 36.6 Å². The predicted octanol–water partition coefficient (Wildman–Crippen LogP) is 3.67. The normalized spacial score (nSPS) is 25.4. The van der Waals surface area contributed by atoms with E-state index >= 15 is 0 Å². The zero-order valence-corrected chi connectivity index (χ0v) is 13.2. The standard InChI is InChI=1S/C16H13ClF3NO3/c1-7-5-8(17)6-11-9-3-2-4-10(9)13(14(22)23)21(12(7)11)15(24)16(18,19)20/h2-3,5-6,9-10,13H,4H2,1H3,(H,22,23)/t9-,10+,13-/m0/s1. The Morgan fingerprint density at radius 1 is 1.33 bits per heavy atom. The molecular weight excluding hydrogens is 347 g/mol. The third-order valence-corrected chi connectivity index (χ3v) is 4.72. The van der Waals surface area contributed by atoms with Crippen LogP contribution in [0, 0.1) is 12.8 Å². The molecule has 1 N–H and O–H groups in total. The Morgan fingerprint density at radius 2 is 2.00 bits per heavy atom. The van der Waals surface area contributed by atoms with Gasteiger partial charge in [-0.3, -0.25) is 9.69 Å². The Kier molecular flexibility index (Phi) is 3.86. The molecule has 3 rings (SSSR count). The van der Waals surface area contributed by atoms with E-state index < -0.39 is 30.0 Å². The van der Waals surface area contributed by atoms with Gasteiger partial charge in [0.2, 0.25) is 0 Å². The van der Waals surface area contributed by atoms with Crippen LogP contribution in [-0.4, -0.2) is 29.2 Å². The van der Waals surface area contributed by atoms with Crippen LogP contribution < -0.4 is 4.90 Å². The van der Waals surface area contributed by atoms with Crippen LogP contribution in [0.3, 0.4) is 0 Å². The number of carbonyl (C=O) groups is 2. The van der Waals surface area contributed by atoms with Gasteiger partial charge in [-0.1, -0.05) is 23.8 Å². The van der Waals surface area contributed by atoms with Crippen LogP contribution in [0.5, 0.6) is 0 Å². The quantitative estimate of drug-likeness (QED) is 0.778. The van der Waals surface area contributed by atoms with Gasteiger partial charge >= 0.3 is 18.1 Å². The topological polar surface area (TPSA) is 57.6 Å². The van der Waals surface area contributed by atoms with E-state index in [-0.39, 0.29) is 18.0 Å². The molecule has 2 aliphatic rings. The van der Waals surface area contributed by atoms with Gasteiger partial charge in [0.15, 0.2) is 0 Å². The smallest absolute Gasteiger partial charge is 0.471 e. The van der Waals surface area contributed by atoms with Gasteiger partial charge in [0, 0.05) is 16.9 Å². The fraction of sp³-hybridized carbons (Fsp3) is 0.375. The molecule has 0 bridgehead atoms. The van der Waals surface area contributed by atoms with Crippen LogP contribution in [-0.2, 0) is 9.59 Å². The number of rotatable bonds is 1. The van der Waals surface area contributed by atoms with Crippen LogP contribution in [0.25, 0.3) is 0 Å². The molecule has 1 aliphatic carbocycles. The Hall–Kier alpha value is -2.02. The molecule has 0 radical (unpaired) electrons. The first-order chi connectivity index (χ1) is 11.1. The fourth-order valence-electron chi connectivity index (χ4n) is 3.66. The van der Waals surface area contributed by atoms with Crippen molar-refractivity contribution >= 4 is 29.2 Å². The molecule has 4 nitrogen and oxygen atoms in total. The molecule has 0 fully saturated rings. The third-order valence-electron chi connectivity index (χ3n) is 4.51. The van der Waals surface area contributed by atoms with Crippen molar-refractivity contribution < 1.29 is 27.9 Å². The second-order valence-electron chi connectivity index (χ2n) is 5.97. The number of aryl methyl sites for hydroxylation is 1. The molecule has 1 aromatic carbocycles. The largest absolute Gasteiger partial charge is 0.480 e. The molecule has 0 spiro atoms. The lowest BCUT2D eigenvalue weighted by molar-refractivity contribution is -0.172. The van der Waals surface area contributed by atoms with Gasteiger partial charge in [-0.25, -0.2) is 4.79 Å². The van der Waals surface area contributed by atoms with E-state index in [2.05, 4.69) is 0 Å². The first-order valence-electron chi connectivity index (χ1n) is 7.23. The van der Waals surface area contributed by atoms with Gasteiger partial charge in [-0.15, -0.1) is 0 Å². The number of amides is 1. The first-order valence-corrected chi connectivity index (χ1v) is 7.60. The molecule has 3 atom stereocenters. The average Bonchev–Trinajstić information content (AvgIpc) is 2.92. The summed E-state index contributed by atoms with van der Waals surface area (Å²) in [5, 5.41) is 9.86. The molecular formula is C16H13ClF3NO3. The fourth-order valence-corrected chi connectivity index (χ4v) is 3.95. The summed E-state index contributed by atoms with van der Waals surface area (Å²) in [7, 11) is 0. The Bertz CT molecular complexity index is 760. The van der Waals surface area contributed by atoms with E-state index in [0.29, 0.717) is 21.0 Å². The maximum absolute atomic E-state index is 13.1. The monoisotopic (exact) mass is 359 g/mol. The zero-order valence-electron chi connectivity index (χ0n) is 12.5. The molecule has 1 aromatic rings. The van der Waals surface area contributed by atoms with E-state index in [0.717, 1.165) is 0 Å². The highest BCUT2D eigenvalue weighted by atomic mass is 35.5. The molecule has 0 saturated heterocycles. The van der Waals surface area contributed by atoms with Crippen LogP contribution >= 0.6 is 11.6 Å². The lowest BCUT2D eigenvalue weighted by Gasteiger charge is -2.43. The summed E-state index contributed by atoms with van der Waals surface area (Å²) in [6.45, 7) is 1.51. The zero-order chi connectivity index (χ0) is 17.8. The van der Waals surface area contributed by atoms with Crippen molar-refractivity contribution in [1.29, 1.82) is 0 Å². The molecule has 128 valence electrons. The van der Waals surface area contributed by atoms with E-state index in [4.69, 9.17) is 11.6 Å². The lowest BCUT2D eigenvalue weighted by Crippen LogP contribution is -2.57. The van der Waals surface area contributed by atoms with Crippen LogP contribution in [0.15, 0.2) is 24.3 Å². The number of nitrogens with zero attached hydrogens (tertiary/aromatic N) is 1. The number of anilines is 1. The van der Waals surface area contributed by atoms with Crippen molar-refractivity contribution in [1.82, 2.24) is 0 Å². The number of aliphatic carboxylic acids is 1. The van der Waals surface area contributed by atoms with Gasteiger partial charge in [0.05, 0.1) is 5.69 Å². The first kappa shape index (κ1) is 16.8. The lowest BCUT2D eigenvalue weighted by atomic mass is 9.77. The second-order valence-corrected chi connectivity index (χ2v) is 6.41. The number of alkyl halides is 3. The van der Waals surface area contributed by atoms with Crippen LogP contribution in [0.2, 0.25) is 5.02 Å². The van der Waals surface area contributed by atoms with Gasteiger partial charge in [0.1, 0.15) is 6.04 Å². The highest BCUT2D eigenvalue weighted by Gasteiger charge is 2.54. The number of halogens is 4. The highest BCUT2D eigenvalue weighted by Crippen LogP contribution is 2.50. The average molecular weight is 360 g/mol. The number of fused-ring (bicyclic) bond motifs is 3. The number of hydrogen-bond donors (Lipinski definition) is 1. The maximum Gasteiger partial charge on any atom is 0.471 e. The summed E-state index contributed by atoms with van der Waals surface area (Å²) >= 11 is 6.02. The van der Waals surface area contributed by atoms with Crippen molar-refractivity contribution in [2.24, 2.45) is 5.92 Å². The molecule has 8 heteroatoms. The number of carbonyl (C=O) groups excluding carboxylic acids is 1. The summed E-state index contributed by atoms with van der Waals surface area (Å²) in [4.78, 5) is 24.1. The minimum atomic E-state index is -5.17. The summed E-state index contributed by atoms with van der Waals surface area (Å²) in [5.74, 6) is -4.66.